The lowest BCUT2D eigenvalue weighted by molar-refractivity contribution is -0.134. The molecule has 0 aliphatic rings. The van der Waals surface area contributed by atoms with Crippen molar-refractivity contribution in [3.63, 3.8) is 0 Å². The maximum Gasteiger partial charge on any atom is 0.312 e. The molecule has 1 heterocycles. The Morgan fingerprint density at radius 2 is 2.10 bits per heavy atom. The van der Waals surface area contributed by atoms with E-state index in [1.165, 1.54) is 30.2 Å². The quantitative estimate of drug-likeness (QED) is 0.171. The SMILES string of the molecule is COc1cccc(-c2nc3ccccc3s2)c1OC(=O)CCSCC(N)OC=O. The van der Waals surface area contributed by atoms with E-state index in [9.17, 15) is 9.59 Å². The van der Waals surface area contributed by atoms with Crippen LogP contribution in [0.1, 0.15) is 6.42 Å². The van der Waals surface area contributed by atoms with Crippen LogP contribution in [-0.2, 0) is 14.3 Å². The number of benzene rings is 2. The Morgan fingerprint density at radius 1 is 1.28 bits per heavy atom. The number of rotatable bonds is 10. The van der Waals surface area contributed by atoms with Gasteiger partial charge >= 0.3 is 5.97 Å². The van der Waals surface area contributed by atoms with E-state index in [1.54, 1.807) is 6.07 Å². The van der Waals surface area contributed by atoms with Crippen molar-refractivity contribution in [2.45, 2.75) is 12.6 Å². The van der Waals surface area contributed by atoms with Gasteiger partial charge in [0.2, 0.25) is 0 Å². The van der Waals surface area contributed by atoms with Crippen LogP contribution in [-0.4, -0.2) is 42.3 Å². The number of nitrogens with zero attached hydrogens (tertiary/aromatic N) is 1. The highest BCUT2D eigenvalue weighted by atomic mass is 32.2. The average Bonchev–Trinajstić information content (AvgIpc) is 3.15. The van der Waals surface area contributed by atoms with Crippen molar-refractivity contribution in [2.24, 2.45) is 5.73 Å². The zero-order valence-corrected chi connectivity index (χ0v) is 17.3. The van der Waals surface area contributed by atoms with Crippen LogP contribution in [0.2, 0.25) is 0 Å². The topological polar surface area (TPSA) is 101 Å². The summed E-state index contributed by atoms with van der Waals surface area (Å²) >= 11 is 2.92. The number of carbonyl (C=O) groups is 2. The Labute approximate surface area is 176 Å². The summed E-state index contributed by atoms with van der Waals surface area (Å²) in [6.07, 6.45) is -0.510. The summed E-state index contributed by atoms with van der Waals surface area (Å²) in [5, 5.41) is 0.749. The molecule has 1 aromatic heterocycles. The molecule has 0 aliphatic heterocycles. The molecule has 0 fully saturated rings. The summed E-state index contributed by atoms with van der Waals surface area (Å²) in [7, 11) is 1.53. The van der Waals surface area contributed by atoms with Gasteiger partial charge in [-0.3, -0.25) is 15.3 Å². The van der Waals surface area contributed by atoms with Gasteiger partial charge in [-0.25, -0.2) is 4.98 Å². The molecule has 3 rings (SSSR count). The minimum absolute atomic E-state index is 0.176. The zero-order chi connectivity index (χ0) is 20.6. The molecule has 3 aromatic rings. The van der Waals surface area contributed by atoms with Crippen LogP contribution < -0.4 is 15.2 Å². The summed E-state index contributed by atoms with van der Waals surface area (Å²) in [5.74, 6) is 1.31. The number of thiazole rings is 1. The smallest absolute Gasteiger partial charge is 0.312 e. The highest BCUT2D eigenvalue weighted by molar-refractivity contribution is 7.99. The maximum absolute atomic E-state index is 12.4. The second-order valence-corrected chi connectivity index (χ2v) is 8.07. The van der Waals surface area contributed by atoms with E-state index in [0.717, 1.165) is 15.2 Å². The number of para-hydroxylation sites is 2. The van der Waals surface area contributed by atoms with Gasteiger partial charge in [-0.15, -0.1) is 11.3 Å². The van der Waals surface area contributed by atoms with Gasteiger partial charge in [0.1, 0.15) is 5.01 Å². The van der Waals surface area contributed by atoms with Crippen molar-refractivity contribution < 1.29 is 23.8 Å². The molecule has 0 radical (unpaired) electrons. The standard InChI is InChI=1S/C20H20N2O5S2/c1-25-15-7-4-5-13(20-22-14-6-2-3-8-16(14)29-20)19(15)27-18(24)9-10-28-11-17(21)26-12-23/h2-8,12,17H,9-11,21H2,1H3. The molecule has 152 valence electrons. The summed E-state index contributed by atoms with van der Waals surface area (Å²) < 4.78 is 16.7. The zero-order valence-electron chi connectivity index (χ0n) is 15.7. The van der Waals surface area contributed by atoms with Crippen LogP contribution in [0.3, 0.4) is 0 Å². The molecule has 2 N–H and O–H groups in total. The third kappa shape index (κ3) is 5.47. The van der Waals surface area contributed by atoms with Crippen molar-refractivity contribution in [1.29, 1.82) is 0 Å². The number of thioether (sulfide) groups is 1. The average molecular weight is 433 g/mol. The number of methoxy groups -OCH3 is 1. The minimum atomic E-state index is -0.687. The van der Waals surface area contributed by atoms with Gasteiger partial charge in [0.05, 0.1) is 29.3 Å². The monoisotopic (exact) mass is 432 g/mol. The van der Waals surface area contributed by atoms with Crippen molar-refractivity contribution in [1.82, 2.24) is 4.98 Å². The summed E-state index contributed by atoms with van der Waals surface area (Å²) in [6, 6.07) is 13.3. The van der Waals surface area contributed by atoms with E-state index < -0.39 is 12.2 Å². The lowest BCUT2D eigenvalue weighted by Gasteiger charge is -2.13. The fourth-order valence-corrected chi connectivity index (χ4v) is 4.34. The molecule has 0 saturated heterocycles. The first-order chi connectivity index (χ1) is 14.1. The Hall–Kier alpha value is -2.62. The number of fused-ring (bicyclic) bond motifs is 1. The van der Waals surface area contributed by atoms with Gasteiger partial charge in [-0.1, -0.05) is 18.2 Å². The molecular formula is C20H20N2O5S2. The predicted octanol–water partition coefficient (Wildman–Crippen LogP) is 3.46. The van der Waals surface area contributed by atoms with Gasteiger partial charge in [0.15, 0.2) is 17.7 Å². The van der Waals surface area contributed by atoms with Gasteiger partial charge in [-0.05, 0) is 24.3 Å². The molecule has 0 spiro atoms. The molecule has 0 saturated carbocycles. The number of carbonyl (C=O) groups excluding carboxylic acids is 2. The molecule has 9 heteroatoms. The van der Waals surface area contributed by atoms with Crippen LogP contribution in [0.25, 0.3) is 20.8 Å². The first-order valence-corrected chi connectivity index (χ1v) is 10.8. The molecule has 0 aliphatic carbocycles. The number of hydrogen-bond acceptors (Lipinski definition) is 9. The number of hydrogen-bond donors (Lipinski definition) is 1. The van der Waals surface area contributed by atoms with Crippen LogP contribution in [0.15, 0.2) is 42.5 Å². The number of aromatic nitrogens is 1. The van der Waals surface area contributed by atoms with Crippen LogP contribution in [0.4, 0.5) is 0 Å². The van der Waals surface area contributed by atoms with E-state index in [-0.39, 0.29) is 6.42 Å². The van der Waals surface area contributed by atoms with Crippen LogP contribution >= 0.6 is 23.1 Å². The fraction of sp³-hybridized carbons (Fsp3) is 0.250. The van der Waals surface area contributed by atoms with E-state index in [2.05, 4.69) is 9.72 Å². The second kappa shape index (κ2) is 10.2. The number of esters is 1. The number of ether oxygens (including phenoxy) is 3. The molecule has 2 aromatic carbocycles. The van der Waals surface area contributed by atoms with Gasteiger partial charge < -0.3 is 14.2 Å². The minimum Gasteiger partial charge on any atom is -0.493 e. The first kappa shape index (κ1) is 21.1. The Kier molecular flexibility index (Phi) is 7.45. The van der Waals surface area contributed by atoms with Crippen LogP contribution in [0, 0.1) is 0 Å². The van der Waals surface area contributed by atoms with Crippen molar-refractivity contribution in [3.8, 4) is 22.1 Å². The predicted molar refractivity (Wildman–Crippen MR) is 114 cm³/mol. The molecule has 1 atom stereocenters. The fourth-order valence-electron chi connectivity index (χ4n) is 2.57. The largest absolute Gasteiger partial charge is 0.493 e. The van der Waals surface area contributed by atoms with Gasteiger partial charge in [0.25, 0.3) is 6.47 Å². The van der Waals surface area contributed by atoms with Crippen molar-refractivity contribution in [2.75, 3.05) is 18.6 Å². The van der Waals surface area contributed by atoms with E-state index >= 15 is 0 Å². The maximum atomic E-state index is 12.4. The first-order valence-electron chi connectivity index (χ1n) is 8.78. The second-order valence-electron chi connectivity index (χ2n) is 5.89. The van der Waals surface area contributed by atoms with E-state index in [1.807, 2.05) is 36.4 Å². The Morgan fingerprint density at radius 3 is 2.86 bits per heavy atom. The van der Waals surface area contributed by atoms with Crippen molar-refractivity contribution >= 4 is 45.8 Å². The van der Waals surface area contributed by atoms with Gasteiger partial charge in [-0.2, -0.15) is 11.8 Å². The van der Waals surface area contributed by atoms with Crippen LogP contribution in [0.5, 0.6) is 11.5 Å². The highest BCUT2D eigenvalue weighted by Crippen LogP contribution is 2.41. The van der Waals surface area contributed by atoms with E-state index in [4.69, 9.17) is 15.2 Å². The van der Waals surface area contributed by atoms with Crippen molar-refractivity contribution in [3.05, 3.63) is 42.5 Å². The van der Waals surface area contributed by atoms with E-state index in [0.29, 0.717) is 35.0 Å². The summed E-state index contributed by atoms with van der Waals surface area (Å²) in [6.45, 7) is 0.310. The van der Waals surface area contributed by atoms with Gasteiger partial charge in [0, 0.05) is 11.5 Å². The molecule has 7 nitrogen and oxygen atoms in total. The third-order valence-electron chi connectivity index (χ3n) is 3.90. The molecule has 1 unspecified atom stereocenters. The highest BCUT2D eigenvalue weighted by Gasteiger charge is 2.19. The normalized spacial score (nSPS) is 11.8. The molecule has 0 amide bonds. The Balaban J connectivity index is 1.73. The number of nitrogens with two attached hydrogens (primary N) is 1. The molecule has 0 bridgehead atoms. The summed E-state index contributed by atoms with van der Waals surface area (Å²) in [5.41, 5.74) is 7.15. The molecular weight excluding hydrogens is 412 g/mol. The molecule has 29 heavy (non-hydrogen) atoms. The lowest BCUT2D eigenvalue weighted by Crippen LogP contribution is -2.26. The lowest BCUT2D eigenvalue weighted by atomic mass is 10.2. The third-order valence-corrected chi connectivity index (χ3v) is 6.03. The Bertz CT molecular complexity index is 959. The summed E-state index contributed by atoms with van der Waals surface area (Å²) in [4.78, 5) is 27.3.